The fourth-order valence-electron chi connectivity index (χ4n) is 0.857. The minimum Gasteiger partial charge on any atom is -0.393 e. The molecule has 0 saturated heterocycles. The van der Waals surface area contributed by atoms with Crippen molar-refractivity contribution in [2.75, 3.05) is 6.61 Å². The topological polar surface area (TPSA) is 44.3 Å². The van der Waals surface area contributed by atoms with Crippen LogP contribution >= 0.6 is 0 Å². The average Bonchev–Trinajstić information content (AvgIpc) is 2.06. The highest BCUT2D eigenvalue weighted by Gasteiger charge is 2.07. The average molecular weight is 154 g/mol. The summed E-state index contributed by atoms with van der Waals surface area (Å²) in [5, 5.41) is 17.6. The van der Waals surface area contributed by atoms with E-state index in [4.69, 9.17) is 10.2 Å². The van der Waals surface area contributed by atoms with Crippen molar-refractivity contribution in [3.8, 4) is 0 Å². The van der Waals surface area contributed by atoms with Gasteiger partial charge in [0.25, 0.3) is 0 Å². The third-order valence-corrected chi connectivity index (χ3v) is 1.41. The van der Waals surface area contributed by atoms with E-state index in [0.29, 0.717) is 6.54 Å². The Hall–Kier alpha value is -0.930. The minimum atomic E-state index is -0.664. The first-order valence-electron chi connectivity index (χ1n) is 3.56. The van der Waals surface area contributed by atoms with Gasteiger partial charge in [0.05, 0.1) is 6.61 Å². The third kappa shape index (κ3) is 2.65. The van der Waals surface area contributed by atoms with Crippen molar-refractivity contribution in [2.24, 2.45) is 0 Å². The van der Waals surface area contributed by atoms with Gasteiger partial charge in [-0.15, -0.1) is 0 Å². The normalized spacial score (nSPS) is 12.9. The van der Waals surface area contributed by atoms with Crippen LogP contribution < -0.4 is 4.57 Å². The molecular formula is C8H12NO2+. The molecule has 0 saturated carbocycles. The zero-order valence-electron chi connectivity index (χ0n) is 6.22. The van der Waals surface area contributed by atoms with Crippen LogP contribution in [-0.2, 0) is 6.54 Å². The van der Waals surface area contributed by atoms with Gasteiger partial charge in [-0.05, 0) is 0 Å². The summed E-state index contributed by atoms with van der Waals surface area (Å²) >= 11 is 0. The first-order valence-corrected chi connectivity index (χ1v) is 3.56. The quantitative estimate of drug-likeness (QED) is 0.567. The third-order valence-electron chi connectivity index (χ3n) is 1.41. The molecule has 1 rings (SSSR count). The van der Waals surface area contributed by atoms with Crippen LogP contribution in [0.15, 0.2) is 30.6 Å². The molecule has 3 nitrogen and oxygen atoms in total. The second-order valence-corrected chi connectivity index (χ2v) is 2.41. The number of pyridine rings is 1. The molecule has 0 spiro atoms. The van der Waals surface area contributed by atoms with E-state index in [1.807, 2.05) is 35.2 Å². The summed E-state index contributed by atoms with van der Waals surface area (Å²) in [6.45, 7) is 0.249. The van der Waals surface area contributed by atoms with Crippen LogP contribution in [0.1, 0.15) is 0 Å². The van der Waals surface area contributed by atoms with Crippen molar-refractivity contribution in [3.63, 3.8) is 0 Å². The number of nitrogens with zero attached hydrogens (tertiary/aromatic N) is 1. The number of aromatic nitrogens is 1. The predicted octanol–water partition coefficient (Wildman–Crippen LogP) is -0.673. The van der Waals surface area contributed by atoms with Gasteiger partial charge in [-0.1, -0.05) is 6.07 Å². The van der Waals surface area contributed by atoms with Crippen molar-refractivity contribution in [1.82, 2.24) is 0 Å². The highest BCUT2D eigenvalue weighted by Crippen LogP contribution is 1.81. The first kappa shape index (κ1) is 8.17. The molecular weight excluding hydrogens is 142 g/mol. The van der Waals surface area contributed by atoms with Crippen molar-refractivity contribution in [3.05, 3.63) is 30.6 Å². The number of aliphatic hydroxyl groups is 2. The van der Waals surface area contributed by atoms with Gasteiger partial charge in [0.15, 0.2) is 18.9 Å². The van der Waals surface area contributed by atoms with Gasteiger partial charge in [-0.3, -0.25) is 0 Å². The summed E-state index contributed by atoms with van der Waals surface area (Å²) in [5.74, 6) is 0. The molecule has 0 aromatic carbocycles. The van der Waals surface area contributed by atoms with E-state index in [9.17, 15) is 0 Å². The zero-order chi connectivity index (χ0) is 8.10. The maximum atomic E-state index is 9.04. The monoisotopic (exact) mass is 154 g/mol. The number of hydrogen-bond acceptors (Lipinski definition) is 2. The number of aliphatic hydroxyl groups excluding tert-OH is 2. The molecule has 3 heteroatoms. The lowest BCUT2D eigenvalue weighted by molar-refractivity contribution is -0.703. The van der Waals surface area contributed by atoms with Crippen molar-refractivity contribution in [2.45, 2.75) is 12.6 Å². The molecule has 11 heavy (non-hydrogen) atoms. The predicted molar refractivity (Wildman–Crippen MR) is 39.7 cm³/mol. The van der Waals surface area contributed by atoms with E-state index in [1.165, 1.54) is 0 Å². The van der Waals surface area contributed by atoms with Gasteiger partial charge in [-0.2, -0.15) is 0 Å². The van der Waals surface area contributed by atoms with Crippen LogP contribution in [0.25, 0.3) is 0 Å². The van der Waals surface area contributed by atoms with Gasteiger partial charge in [-0.25, -0.2) is 4.57 Å². The molecule has 1 unspecified atom stereocenters. The van der Waals surface area contributed by atoms with E-state index >= 15 is 0 Å². The summed E-state index contributed by atoms with van der Waals surface area (Å²) in [7, 11) is 0. The van der Waals surface area contributed by atoms with Crippen LogP contribution in [-0.4, -0.2) is 22.9 Å². The molecule has 2 N–H and O–H groups in total. The zero-order valence-corrected chi connectivity index (χ0v) is 6.22. The fraction of sp³-hybridized carbons (Fsp3) is 0.375. The van der Waals surface area contributed by atoms with Gasteiger partial charge in [0.1, 0.15) is 6.10 Å². The lowest BCUT2D eigenvalue weighted by atomic mass is 10.3. The van der Waals surface area contributed by atoms with Crippen LogP contribution in [0, 0.1) is 0 Å². The van der Waals surface area contributed by atoms with E-state index in [2.05, 4.69) is 0 Å². The molecule has 0 aliphatic heterocycles. The summed E-state index contributed by atoms with van der Waals surface area (Å²) in [4.78, 5) is 0. The second kappa shape index (κ2) is 4.05. The standard InChI is InChI=1S/C8H12NO2/c10-7-8(11)6-9-4-2-1-3-5-9/h1-5,8,10-11H,6-7H2/q+1. The van der Waals surface area contributed by atoms with Crippen LogP contribution in [0.3, 0.4) is 0 Å². The maximum Gasteiger partial charge on any atom is 0.176 e. The molecule has 0 aliphatic carbocycles. The SMILES string of the molecule is OCC(O)C[n+]1ccccc1. The Morgan fingerprint density at radius 3 is 2.36 bits per heavy atom. The Balaban J connectivity index is 2.51. The van der Waals surface area contributed by atoms with Crippen molar-refractivity contribution < 1.29 is 14.8 Å². The van der Waals surface area contributed by atoms with Crippen LogP contribution in [0.5, 0.6) is 0 Å². The molecule has 1 heterocycles. The highest BCUT2D eigenvalue weighted by molar-refractivity contribution is 4.83. The summed E-state index contributed by atoms with van der Waals surface area (Å²) < 4.78 is 1.82. The number of hydrogen-bond donors (Lipinski definition) is 2. The molecule has 0 radical (unpaired) electrons. The van der Waals surface area contributed by atoms with Gasteiger partial charge in [0, 0.05) is 12.1 Å². The lowest BCUT2D eigenvalue weighted by Gasteiger charge is -2.01. The largest absolute Gasteiger partial charge is 0.393 e. The van der Waals surface area contributed by atoms with Gasteiger partial charge >= 0.3 is 0 Å². The van der Waals surface area contributed by atoms with E-state index < -0.39 is 6.10 Å². The summed E-state index contributed by atoms with van der Waals surface area (Å²) in [6.07, 6.45) is 3.03. The van der Waals surface area contributed by atoms with Crippen LogP contribution in [0.2, 0.25) is 0 Å². The molecule has 1 aromatic heterocycles. The summed E-state index contributed by atoms with van der Waals surface area (Å²) in [5.41, 5.74) is 0. The van der Waals surface area contributed by atoms with E-state index in [1.54, 1.807) is 0 Å². The van der Waals surface area contributed by atoms with Gasteiger partial charge < -0.3 is 10.2 Å². The summed E-state index contributed by atoms with van der Waals surface area (Å²) in [6, 6.07) is 5.66. The Morgan fingerprint density at radius 2 is 1.82 bits per heavy atom. The highest BCUT2D eigenvalue weighted by atomic mass is 16.3. The molecule has 0 aliphatic rings. The number of rotatable bonds is 3. The Kier molecular flexibility index (Phi) is 3.01. The molecule has 0 amide bonds. The Morgan fingerprint density at radius 1 is 1.18 bits per heavy atom. The van der Waals surface area contributed by atoms with Gasteiger partial charge in [0.2, 0.25) is 0 Å². The van der Waals surface area contributed by atoms with Crippen LogP contribution in [0.4, 0.5) is 0 Å². The maximum absolute atomic E-state index is 9.04. The van der Waals surface area contributed by atoms with E-state index in [-0.39, 0.29) is 6.61 Å². The second-order valence-electron chi connectivity index (χ2n) is 2.41. The Bertz CT molecular complexity index is 201. The molecule has 0 fully saturated rings. The van der Waals surface area contributed by atoms with Crippen molar-refractivity contribution >= 4 is 0 Å². The lowest BCUT2D eigenvalue weighted by Crippen LogP contribution is -2.40. The molecule has 1 aromatic rings. The first-order chi connectivity index (χ1) is 5.33. The van der Waals surface area contributed by atoms with Crippen molar-refractivity contribution in [1.29, 1.82) is 0 Å². The Labute approximate surface area is 65.5 Å². The smallest absolute Gasteiger partial charge is 0.176 e. The molecule has 1 atom stereocenters. The molecule has 0 bridgehead atoms. The fourth-order valence-corrected chi connectivity index (χ4v) is 0.857. The minimum absolute atomic E-state index is 0.193. The van der Waals surface area contributed by atoms with E-state index in [0.717, 1.165) is 0 Å². The molecule has 60 valence electrons.